The Kier molecular flexibility index (Phi) is 5.58. The first-order valence-electron chi connectivity index (χ1n) is 6.93. The number of benzene rings is 2. The van der Waals surface area contributed by atoms with Crippen LogP contribution >= 0.6 is 0 Å². The molecule has 4 heteroatoms. The number of nitrogens with one attached hydrogen (secondary N) is 1. The van der Waals surface area contributed by atoms with Gasteiger partial charge in [-0.1, -0.05) is 12.1 Å². The second-order valence-electron chi connectivity index (χ2n) is 4.79. The molecule has 0 saturated heterocycles. The van der Waals surface area contributed by atoms with Crippen LogP contribution in [0.15, 0.2) is 48.5 Å². The lowest BCUT2D eigenvalue weighted by molar-refractivity contribution is 0.146. The van der Waals surface area contributed by atoms with Gasteiger partial charge in [0.2, 0.25) is 0 Å². The van der Waals surface area contributed by atoms with Crippen molar-refractivity contribution >= 4 is 5.69 Å². The van der Waals surface area contributed by atoms with Gasteiger partial charge in [0.25, 0.3) is 0 Å². The number of hydrogen-bond donors (Lipinski definition) is 1. The van der Waals surface area contributed by atoms with E-state index in [-0.39, 0.29) is 11.9 Å². The Morgan fingerprint density at radius 3 is 2.52 bits per heavy atom. The highest BCUT2D eigenvalue weighted by atomic mass is 19.1. The maximum Gasteiger partial charge on any atom is 0.123 e. The number of ether oxygens (including phenoxy) is 2. The van der Waals surface area contributed by atoms with Gasteiger partial charge in [0.05, 0.1) is 6.61 Å². The molecule has 2 aromatic carbocycles. The smallest absolute Gasteiger partial charge is 0.123 e. The van der Waals surface area contributed by atoms with E-state index in [9.17, 15) is 4.39 Å². The molecule has 1 N–H and O–H groups in total. The molecule has 3 nitrogen and oxygen atoms in total. The summed E-state index contributed by atoms with van der Waals surface area (Å²) in [5, 5.41) is 3.33. The van der Waals surface area contributed by atoms with E-state index in [4.69, 9.17) is 9.47 Å². The van der Waals surface area contributed by atoms with Crippen LogP contribution in [0, 0.1) is 5.82 Å². The zero-order chi connectivity index (χ0) is 15.1. The van der Waals surface area contributed by atoms with Crippen LogP contribution in [-0.4, -0.2) is 20.3 Å². The van der Waals surface area contributed by atoms with Gasteiger partial charge in [-0.25, -0.2) is 4.39 Å². The molecule has 2 rings (SSSR count). The van der Waals surface area contributed by atoms with E-state index in [1.54, 1.807) is 19.2 Å². The number of hydrogen-bond acceptors (Lipinski definition) is 3. The summed E-state index contributed by atoms with van der Waals surface area (Å²) in [6.07, 6.45) is 0. The molecular weight excluding hydrogens is 269 g/mol. The van der Waals surface area contributed by atoms with Crippen LogP contribution in [-0.2, 0) is 4.74 Å². The van der Waals surface area contributed by atoms with Crippen LogP contribution in [0.25, 0.3) is 0 Å². The summed E-state index contributed by atoms with van der Waals surface area (Å²) in [6.45, 7) is 3.09. The van der Waals surface area contributed by atoms with Gasteiger partial charge in [-0.2, -0.15) is 0 Å². The molecule has 0 bridgehead atoms. The summed E-state index contributed by atoms with van der Waals surface area (Å²) in [5.41, 5.74) is 1.88. The molecular formula is C17H20FNO2. The lowest BCUT2D eigenvalue weighted by Crippen LogP contribution is -2.07. The van der Waals surface area contributed by atoms with Crippen LogP contribution in [0.4, 0.5) is 10.1 Å². The van der Waals surface area contributed by atoms with Crippen molar-refractivity contribution < 1.29 is 13.9 Å². The average molecular weight is 289 g/mol. The van der Waals surface area contributed by atoms with E-state index in [2.05, 4.69) is 5.32 Å². The number of rotatable bonds is 7. The fourth-order valence-electron chi connectivity index (χ4n) is 2.00. The third-order valence-electron chi connectivity index (χ3n) is 3.14. The molecule has 2 aromatic rings. The van der Waals surface area contributed by atoms with Crippen molar-refractivity contribution in [3.63, 3.8) is 0 Å². The molecule has 1 unspecified atom stereocenters. The van der Waals surface area contributed by atoms with Gasteiger partial charge in [0.15, 0.2) is 0 Å². The highest BCUT2D eigenvalue weighted by Crippen LogP contribution is 2.22. The quantitative estimate of drug-likeness (QED) is 0.781. The summed E-state index contributed by atoms with van der Waals surface area (Å²) in [5.74, 6) is 0.582. The van der Waals surface area contributed by atoms with Crippen LogP contribution in [0.1, 0.15) is 18.5 Å². The Balaban J connectivity index is 1.93. The summed E-state index contributed by atoms with van der Waals surface area (Å²) in [7, 11) is 1.64. The zero-order valence-electron chi connectivity index (χ0n) is 12.3. The Bertz CT molecular complexity index is 557. The first kappa shape index (κ1) is 15.3. The van der Waals surface area contributed by atoms with Crippen molar-refractivity contribution in [2.45, 2.75) is 13.0 Å². The topological polar surface area (TPSA) is 30.5 Å². The van der Waals surface area contributed by atoms with Gasteiger partial charge in [-0.15, -0.1) is 0 Å². The lowest BCUT2D eigenvalue weighted by atomic mass is 10.1. The molecule has 112 valence electrons. The number of methoxy groups -OCH3 is 1. The van der Waals surface area contributed by atoms with Crippen molar-refractivity contribution in [2.24, 2.45) is 0 Å². The minimum absolute atomic E-state index is 0.0287. The molecule has 1 atom stereocenters. The zero-order valence-corrected chi connectivity index (χ0v) is 12.3. The highest BCUT2D eigenvalue weighted by Gasteiger charge is 2.06. The second kappa shape index (κ2) is 7.64. The standard InChI is InChI=1S/C17H20FNO2/c1-13(14-4-3-5-15(18)12-14)19-16-6-8-17(9-7-16)21-11-10-20-2/h3-9,12-13,19H,10-11H2,1-2H3. The van der Waals surface area contributed by atoms with Gasteiger partial charge >= 0.3 is 0 Å². The molecule has 0 spiro atoms. The maximum absolute atomic E-state index is 13.2. The molecule has 0 aromatic heterocycles. The predicted octanol–water partition coefficient (Wildman–Crippen LogP) is 4.02. The fraction of sp³-hybridized carbons (Fsp3) is 0.294. The minimum Gasteiger partial charge on any atom is -0.491 e. The third kappa shape index (κ3) is 4.76. The Labute approximate surface area is 124 Å². The van der Waals surface area contributed by atoms with Crippen LogP contribution in [0.5, 0.6) is 5.75 Å². The molecule has 0 aliphatic rings. The number of halogens is 1. The largest absolute Gasteiger partial charge is 0.491 e. The van der Waals surface area contributed by atoms with E-state index >= 15 is 0 Å². The second-order valence-corrected chi connectivity index (χ2v) is 4.79. The van der Waals surface area contributed by atoms with Gasteiger partial charge in [-0.3, -0.25) is 0 Å². The molecule has 21 heavy (non-hydrogen) atoms. The van der Waals surface area contributed by atoms with E-state index in [1.165, 1.54) is 6.07 Å². The molecule has 0 fully saturated rings. The SMILES string of the molecule is COCCOc1ccc(NC(C)c2cccc(F)c2)cc1. The predicted molar refractivity (Wildman–Crippen MR) is 82.3 cm³/mol. The third-order valence-corrected chi connectivity index (χ3v) is 3.14. The molecule has 0 amide bonds. The number of anilines is 1. The maximum atomic E-state index is 13.2. The molecule has 0 radical (unpaired) electrons. The van der Waals surface area contributed by atoms with Crippen molar-refractivity contribution in [1.29, 1.82) is 0 Å². The highest BCUT2D eigenvalue weighted by molar-refractivity contribution is 5.48. The Morgan fingerprint density at radius 1 is 1.10 bits per heavy atom. The van der Waals surface area contributed by atoms with Crippen molar-refractivity contribution in [1.82, 2.24) is 0 Å². The Hall–Kier alpha value is -2.07. The van der Waals surface area contributed by atoms with Gasteiger partial charge < -0.3 is 14.8 Å². The van der Waals surface area contributed by atoms with Crippen molar-refractivity contribution in [2.75, 3.05) is 25.6 Å². The summed E-state index contributed by atoms with van der Waals surface area (Å²) >= 11 is 0. The molecule has 0 saturated carbocycles. The molecule has 0 aliphatic carbocycles. The van der Waals surface area contributed by atoms with Gasteiger partial charge in [0.1, 0.15) is 18.2 Å². The van der Waals surface area contributed by atoms with E-state index in [0.29, 0.717) is 13.2 Å². The monoisotopic (exact) mass is 289 g/mol. The van der Waals surface area contributed by atoms with Crippen molar-refractivity contribution in [3.8, 4) is 5.75 Å². The molecule has 0 heterocycles. The van der Waals surface area contributed by atoms with Gasteiger partial charge in [0, 0.05) is 18.8 Å². The van der Waals surface area contributed by atoms with Crippen LogP contribution in [0.3, 0.4) is 0 Å². The minimum atomic E-state index is -0.219. The fourth-order valence-corrected chi connectivity index (χ4v) is 2.00. The first-order chi connectivity index (χ1) is 10.2. The van der Waals surface area contributed by atoms with E-state index in [1.807, 2.05) is 37.3 Å². The summed E-state index contributed by atoms with van der Waals surface area (Å²) in [6, 6.07) is 14.3. The summed E-state index contributed by atoms with van der Waals surface area (Å²) < 4.78 is 23.6. The molecule has 0 aliphatic heterocycles. The lowest BCUT2D eigenvalue weighted by Gasteiger charge is -2.16. The Morgan fingerprint density at radius 2 is 1.86 bits per heavy atom. The van der Waals surface area contributed by atoms with Crippen LogP contribution < -0.4 is 10.1 Å². The summed E-state index contributed by atoms with van der Waals surface area (Å²) in [4.78, 5) is 0. The van der Waals surface area contributed by atoms with Crippen LogP contribution in [0.2, 0.25) is 0 Å². The van der Waals surface area contributed by atoms with Crippen molar-refractivity contribution in [3.05, 3.63) is 59.9 Å². The van der Waals surface area contributed by atoms with Gasteiger partial charge in [-0.05, 0) is 48.9 Å². The van der Waals surface area contributed by atoms with E-state index in [0.717, 1.165) is 17.0 Å². The normalized spacial score (nSPS) is 12.0. The van der Waals surface area contributed by atoms with E-state index < -0.39 is 0 Å². The average Bonchev–Trinajstić information content (AvgIpc) is 2.49. The first-order valence-corrected chi connectivity index (χ1v) is 6.93.